The molecule has 0 atom stereocenters. The van der Waals surface area contributed by atoms with Crippen molar-refractivity contribution in [1.82, 2.24) is 20.3 Å². The summed E-state index contributed by atoms with van der Waals surface area (Å²) in [4.78, 5) is 1.74. The van der Waals surface area contributed by atoms with Crippen LogP contribution in [0.4, 0.5) is 0 Å². The van der Waals surface area contributed by atoms with E-state index < -0.39 is 0 Å². The molecule has 0 saturated carbocycles. The third-order valence-electron chi connectivity index (χ3n) is 5.03. The highest BCUT2D eigenvalue weighted by Crippen LogP contribution is 2.21. The molecule has 0 unspecified atom stereocenters. The van der Waals surface area contributed by atoms with E-state index in [-0.39, 0.29) is 0 Å². The van der Waals surface area contributed by atoms with Crippen LogP contribution in [-0.4, -0.2) is 28.6 Å². The van der Waals surface area contributed by atoms with Crippen LogP contribution in [-0.2, 0) is 19.5 Å². The van der Waals surface area contributed by atoms with E-state index in [1.165, 1.54) is 5.56 Å². The fourth-order valence-electron chi connectivity index (χ4n) is 3.42. The second-order valence-corrected chi connectivity index (χ2v) is 7.73. The molecule has 0 aliphatic heterocycles. The Kier molecular flexibility index (Phi) is 6.97. The summed E-state index contributed by atoms with van der Waals surface area (Å²) >= 11 is 6.13. The van der Waals surface area contributed by atoms with Crippen LogP contribution in [0.5, 0.6) is 5.75 Å². The highest BCUT2D eigenvalue weighted by Gasteiger charge is 2.13. The smallest absolute Gasteiger partial charge is 0.118 e. The van der Waals surface area contributed by atoms with Gasteiger partial charge in [-0.25, -0.2) is 0 Å². The Morgan fingerprint density at radius 2 is 1.71 bits per heavy atom. The SMILES string of the molecule is COc1ccc(CCNCc2nn(Cc3cccc(Cl)c3)nc2-c2ccccc2)cc1. The fraction of sp³-hybridized carbons (Fsp3) is 0.200. The Morgan fingerprint density at radius 1 is 0.903 bits per heavy atom. The average Bonchev–Trinajstić information content (AvgIpc) is 3.20. The molecule has 0 aliphatic carbocycles. The number of halogens is 1. The number of hydrogen-bond acceptors (Lipinski definition) is 4. The summed E-state index contributed by atoms with van der Waals surface area (Å²) in [5, 5.41) is 13.8. The molecule has 31 heavy (non-hydrogen) atoms. The zero-order chi connectivity index (χ0) is 21.5. The second-order valence-electron chi connectivity index (χ2n) is 7.30. The Hall–Kier alpha value is -3.15. The molecule has 0 radical (unpaired) electrons. The Morgan fingerprint density at radius 3 is 2.45 bits per heavy atom. The van der Waals surface area contributed by atoms with Gasteiger partial charge in [-0.15, -0.1) is 0 Å². The van der Waals surface area contributed by atoms with E-state index >= 15 is 0 Å². The van der Waals surface area contributed by atoms with Crippen molar-refractivity contribution in [2.45, 2.75) is 19.5 Å². The molecule has 1 N–H and O–H groups in total. The molecule has 5 nitrogen and oxygen atoms in total. The number of ether oxygens (including phenoxy) is 1. The number of aromatic nitrogens is 3. The van der Waals surface area contributed by atoms with E-state index in [0.717, 1.165) is 41.2 Å². The summed E-state index contributed by atoms with van der Waals surface area (Å²) in [5.41, 5.74) is 5.23. The first kappa shape index (κ1) is 21.1. The zero-order valence-corrected chi connectivity index (χ0v) is 18.2. The third-order valence-corrected chi connectivity index (χ3v) is 5.26. The van der Waals surface area contributed by atoms with Gasteiger partial charge in [0.25, 0.3) is 0 Å². The van der Waals surface area contributed by atoms with Crippen molar-refractivity contribution in [3.63, 3.8) is 0 Å². The number of methoxy groups -OCH3 is 1. The minimum Gasteiger partial charge on any atom is -0.497 e. The van der Waals surface area contributed by atoms with Gasteiger partial charge in [0.15, 0.2) is 0 Å². The Bertz CT molecular complexity index is 1110. The highest BCUT2D eigenvalue weighted by molar-refractivity contribution is 6.30. The number of benzene rings is 3. The molecule has 1 heterocycles. The first-order valence-corrected chi connectivity index (χ1v) is 10.7. The molecule has 0 aliphatic rings. The van der Waals surface area contributed by atoms with E-state index in [2.05, 4.69) is 29.6 Å². The van der Waals surface area contributed by atoms with Crippen LogP contribution < -0.4 is 10.1 Å². The molecule has 1 aromatic heterocycles. The van der Waals surface area contributed by atoms with Crippen LogP contribution >= 0.6 is 11.6 Å². The predicted octanol–water partition coefficient (Wildman–Crippen LogP) is 4.99. The lowest BCUT2D eigenvalue weighted by Crippen LogP contribution is -2.17. The summed E-state index contributed by atoms with van der Waals surface area (Å²) < 4.78 is 5.22. The molecule has 0 spiro atoms. The monoisotopic (exact) mass is 432 g/mol. The molecule has 0 fully saturated rings. The number of hydrogen-bond donors (Lipinski definition) is 1. The van der Waals surface area contributed by atoms with E-state index in [1.807, 2.05) is 54.6 Å². The van der Waals surface area contributed by atoms with Crippen LogP contribution in [0, 0.1) is 0 Å². The largest absolute Gasteiger partial charge is 0.497 e. The normalized spacial score (nSPS) is 10.9. The van der Waals surface area contributed by atoms with E-state index in [9.17, 15) is 0 Å². The topological polar surface area (TPSA) is 52.0 Å². The lowest BCUT2D eigenvalue weighted by Gasteiger charge is -2.06. The average molecular weight is 433 g/mol. The number of nitrogens with one attached hydrogen (secondary N) is 1. The lowest BCUT2D eigenvalue weighted by molar-refractivity contribution is 0.414. The van der Waals surface area contributed by atoms with Crippen molar-refractivity contribution in [3.05, 3.63) is 101 Å². The molecule has 0 bridgehead atoms. The van der Waals surface area contributed by atoms with Gasteiger partial charge in [-0.1, -0.05) is 66.2 Å². The van der Waals surface area contributed by atoms with Crippen LogP contribution in [0.3, 0.4) is 0 Å². The van der Waals surface area contributed by atoms with E-state index in [4.69, 9.17) is 26.5 Å². The molecular formula is C25H25ClN4O. The van der Waals surface area contributed by atoms with Gasteiger partial charge in [0.05, 0.1) is 13.7 Å². The summed E-state index contributed by atoms with van der Waals surface area (Å²) in [5.74, 6) is 0.875. The lowest BCUT2D eigenvalue weighted by atomic mass is 10.1. The van der Waals surface area contributed by atoms with Gasteiger partial charge in [0, 0.05) is 17.1 Å². The van der Waals surface area contributed by atoms with Crippen molar-refractivity contribution < 1.29 is 4.74 Å². The quantitative estimate of drug-likeness (QED) is 0.379. The first-order chi connectivity index (χ1) is 15.2. The van der Waals surface area contributed by atoms with Gasteiger partial charge >= 0.3 is 0 Å². The van der Waals surface area contributed by atoms with Crippen molar-refractivity contribution in [2.75, 3.05) is 13.7 Å². The zero-order valence-electron chi connectivity index (χ0n) is 17.5. The molecular weight excluding hydrogens is 408 g/mol. The van der Waals surface area contributed by atoms with Crippen molar-refractivity contribution in [2.24, 2.45) is 0 Å². The minimum absolute atomic E-state index is 0.576. The first-order valence-electron chi connectivity index (χ1n) is 10.3. The molecule has 3 aromatic carbocycles. The maximum atomic E-state index is 6.13. The summed E-state index contributed by atoms with van der Waals surface area (Å²) in [6.45, 7) is 2.07. The van der Waals surface area contributed by atoms with Gasteiger partial charge < -0.3 is 10.1 Å². The van der Waals surface area contributed by atoms with Gasteiger partial charge in [-0.2, -0.15) is 15.0 Å². The van der Waals surface area contributed by atoms with Crippen LogP contribution in [0.2, 0.25) is 5.02 Å². The Balaban J connectivity index is 1.45. The highest BCUT2D eigenvalue weighted by atomic mass is 35.5. The van der Waals surface area contributed by atoms with Crippen molar-refractivity contribution in [1.29, 1.82) is 0 Å². The molecule has 4 aromatic rings. The fourth-order valence-corrected chi connectivity index (χ4v) is 3.64. The standard InChI is InChI=1S/C25H25ClN4O/c1-31-23-12-10-19(11-13-23)14-15-27-17-24-25(21-7-3-2-4-8-21)29-30(28-24)18-20-6-5-9-22(26)16-20/h2-13,16,27H,14-15,17-18H2,1H3. The maximum absolute atomic E-state index is 6.13. The van der Waals surface area contributed by atoms with Crippen LogP contribution in [0.25, 0.3) is 11.3 Å². The van der Waals surface area contributed by atoms with Crippen LogP contribution in [0.15, 0.2) is 78.9 Å². The van der Waals surface area contributed by atoms with Gasteiger partial charge in [-0.3, -0.25) is 0 Å². The van der Waals surface area contributed by atoms with Crippen LogP contribution in [0.1, 0.15) is 16.8 Å². The molecule has 0 saturated heterocycles. The second kappa shape index (κ2) is 10.2. The molecule has 4 rings (SSSR count). The maximum Gasteiger partial charge on any atom is 0.118 e. The molecule has 6 heteroatoms. The number of nitrogens with zero attached hydrogens (tertiary/aromatic N) is 3. The van der Waals surface area contributed by atoms with Gasteiger partial charge in [0.2, 0.25) is 0 Å². The molecule has 0 amide bonds. The summed E-state index contributed by atoms with van der Waals surface area (Å²) in [7, 11) is 1.68. The predicted molar refractivity (Wildman–Crippen MR) is 124 cm³/mol. The van der Waals surface area contributed by atoms with Crippen molar-refractivity contribution >= 4 is 11.6 Å². The summed E-state index contributed by atoms with van der Waals surface area (Å²) in [6, 6.07) is 26.1. The molecule has 158 valence electrons. The van der Waals surface area contributed by atoms with Gasteiger partial charge in [0.1, 0.15) is 17.1 Å². The third kappa shape index (κ3) is 5.72. The van der Waals surface area contributed by atoms with E-state index in [0.29, 0.717) is 18.1 Å². The number of rotatable bonds is 9. The van der Waals surface area contributed by atoms with E-state index in [1.54, 1.807) is 11.9 Å². The van der Waals surface area contributed by atoms with Crippen molar-refractivity contribution in [3.8, 4) is 17.0 Å². The Labute approximate surface area is 187 Å². The summed E-state index contributed by atoms with van der Waals surface area (Å²) in [6.07, 6.45) is 0.932. The minimum atomic E-state index is 0.576. The van der Waals surface area contributed by atoms with Gasteiger partial charge in [-0.05, 0) is 48.4 Å².